The van der Waals surface area contributed by atoms with E-state index < -0.39 is 0 Å². The summed E-state index contributed by atoms with van der Waals surface area (Å²) in [6.07, 6.45) is 0.974. The van der Waals surface area contributed by atoms with E-state index in [2.05, 4.69) is 129 Å². The average molecular weight is 562 g/mol. The summed E-state index contributed by atoms with van der Waals surface area (Å²) in [6.45, 7) is 0. The van der Waals surface area contributed by atoms with Crippen molar-refractivity contribution in [2.24, 2.45) is 0 Å². The standard InChI is InChI=1S/C32H18Br2/c33-19-13-14-23-27(16-19)32(25-11-5-3-9-21(25)22-10-4-6-12-26(22)32)28-17-29(34)31-20-8-2-1-7-18(20)15-24(31)30(23)28/h1-14,16-17H,15H2. The molecule has 1 spiro atoms. The van der Waals surface area contributed by atoms with Crippen LogP contribution in [0.4, 0.5) is 0 Å². The number of halogens is 2. The summed E-state index contributed by atoms with van der Waals surface area (Å²) < 4.78 is 2.32. The van der Waals surface area contributed by atoms with E-state index in [0.717, 1.165) is 10.9 Å². The van der Waals surface area contributed by atoms with Crippen molar-refractivity contribution in [2.45, 2.75) is 11.8 Å². The highest BCUT2D eigenvalue weighted by molar-refractivity contribution is 9.10. The van der Waals surface area contributed by atoms with Crippen molar-refractivity contribution >= 4 is 31.9 Å². The lowest BCUT2D eigenvalue weighted by Crippen LogP contribution is -2.26. The molecule has 0 heterocycles. The molecule has 3 aliphatic carbocycles. The normalized spacial score (nSPS) is 14.9. The van der Waals surface area contributed by atoms with Crippen LogP contribution in [0.3, 0.4) is 0 Å². The van der Waals surface area contributed by atoms with Gasteiger partial charge < -0.3 is 0 Å². The maximum atomic E-state index is 4.03. The van der Waals surface area contributed by atoms with E-state index in [1.54, 1.807) is 0 Å². The van der Waals surface area contributed by atoms with Gasteiger partial charge in [-0.15, -0.1) is 0 Å². The summed E-state index contributed by atoms with van der Waals surface area (Å²) in [5, 5.41) is 0. The van der Waals surface area contributed by atoms with Gasteiger partial charge in [0.05, 0.1) is 5.41 Å². The van der Waals surface area contributed by atoms with Crippen molar-refractivity contribution in [3.63, 3.8) is 0 Å². The van der Waals surface area contributed by atoms with Crippen LogP contribution in [0.15, 0.2) is 106 Å². The molecular formula is C32H18Br2. The van der Waals surface area contributed by atoms with Gasteiger partial charge in [0.2, 0.25) is 0 Å². The third-order valence-corrected chi connectivity index (χ3v) is 9.17. The van der Waals surface area contributed by atoms with Crippen LogP contribution in [0.5, 0.6) is 0 Å². The predicted molar refractivity (Wildman–Crippen MR) is 146 cm³/mol. The fourth-order valence-corrected chi connectivity index (χ4v) is 7.93. The quantitative estimate of drug-likeness (QED) is 0.173. The van der Waals surface area contributed by atoms with Gasteiger partial charge in [0.1, 0.15) is 0 Å². The molecular weight excluding hydrogens is 544 g/mol. The molecule has 0 aromatic heterocycles. The molecule has 5 aromatic carbocycles. The Morgan fingerprint density at radius 1 is 0.529 bits per heavy atom. The van der Waals surface area contributed by atoms with Crippen LogP contribution in [0.2, 0.25) is 0 Å². The van der Waals surface area contributed by atoms with E-state index in [0.29, 0.717) is 0 Å². The average Bonchev–Trinajstić information content (AvgIpc) is 3.48. The van der Waals surface area contributed by atoms with E-state index in [4.69, 9.17) is 0 Å². The highest BCUT2D eigenvalue weighted by atomic mass is 79.9. The van der Waals surface area contributed by atoms with Gasteiger partial charge in [-0.05, 0) is 85.8 Å². The second-order valence-electron chi connectivity index (χ2n) is 9.50. The van der Waals surface area contributed by atoms with Crippen LogP contribution in [0.1, 0.15) is 33.4 Å². The summed E-state index contributed by atoms with van der Waals surface area (Å²) in [6, 6.07) is 36.2. The first-order valence-electron chi connectivity index (χ1n) is 11.6. The monoisotopic (exact) mass is 560 g/mol. The van der Waals surface area contributed by atoms with E-state index in [1.165, 1.54) is 71.2 Å². The van der Waals surface area contributed by atoms with Crippen molar-refractivity contribution in [3.8, 4) is 33.4 Å². The minimum absolute atomic E-state index is 0.312. The summed E-state index contributed by atoms with van der Waals surface area (Å²) in [5.41, 5.74) is 16.3. The Hall–Kier alpha value is -2.94. The number of fused-ring (bicyclic) bond motifs is 14. The number of hydrogen-bond acceptors (Lipinski definition) is 0. The predicted octanol–water partition coefficient (Wildman–Crippen LogP) is 9.13. The third-order valence-electron chi connectivity index (χ3n) is 8.05. The zero-order valence-electron chi connectivity index (χ0n) is 18.2. The lowest BCUT2D eigenvalue weighted by Gasteiger charge is -2.31. The maximum absolute atomic E-state index is 4.03. The number of rotatable bonds is 0. The molecule has 2 heteroatoms. The van der Waals surface area contributed by atoms with Crippen molar-refractivity contribution in [1.29, 1.82) is 0 Å². The summed E-state index contributed by atoms with van der Waals surface area (Å²) in [5.74, 6) is 0. The fraction of sp³-hybridized carbons (Fsp3) is 0.0625. The number of hydrogen-bond donors (Lipinski definition) is 0. The number of benzene rings is 5. The van der Waals surface area contributed by atoms with Gasteiger partial charge in [0.25, 0.3) is 0 Å². The minimum Gasteiger partial charge on any atom is -0.0619 e. The zero-order chi connectivity index (χ0) is 22.6. The Kier molecular flexibility index (Phi) is 3.76. The molecule has 160 valence electrons. The molecule has 0 nitrogen and oxygen atoms in total. The summed E-state index contributed by atoms with van der Waals surface area (Å²) in [7, 11) is 0. The summed E-state index contributed by atoms with van der Waals surface area (Å²) >= 11 is 7.84. The van der Waals surface area contributed by atoms with Crippen molar-refractivity contribution in [3.05, 3.63) is 139 Å². The van der Waals surface area contributed by atoms with Crippen LogP contribution in [-0.4, -0.2) is 0 Å². The van der Waals surface area contributed by atoms with Crippen LogP contribution in [-0.2, 0) is 11.8 Å². The molecule has 0 fully saturated rings. The maximum Gasteiger partial charge on any atom is 0.0726 e. The van der Waals surface area contributed by atoms with E-state index >= 15 is 0 Å². The topological polar surface area (TPSA) is 0 Å². The Bertz CT molecular complexity index is 1660. The molecule has 0 bridgehead atoms. The van der Waals surface area contributed by atoms with Gasteiger partial charge in [0.15, 0.2) is 0 Å². The van der Waals surface area contributed by atoms with E-state index in [9.17, 15) is 0 Å². The molecule has 0 saturated heterocycles. The second kappa shape index (κ2) is 6.59. The van der Waals surface area contributed by atoms with Gasteiger partial charge in [-0.3, -0.25) is 0 Å². The Labute approximate surface area is 215 Å². The van der Waals surface area contributed by atoms with Gasteiger partial charge in [-0.1, -0.05) is 111 Å². The first-order valence-corrected chi connectivity index (χ1v) is 13.2. The molecule has 0 aliphatic heterocycles. The minimum atomic E-state index is -0.312. The molecule has 34 heavy (non-hydrogen) atoms. The Morgan fingerprint density at radius 3 is 1.91 bits per heavy atom. The smallest absolute Gasteiger partial charge is 0.0619 e. The van der Waals surface area contributed by atoms with Crippen LogP contribution in [0.25, 0.3) is 33.4 Å². The van der Waals surface area contributed by atoms with Gasteiger partial charge in [-0.2, -0.15) is 0 Å². The Balaban J connectivity index is 1.58. The first-order chi connectivity index (χ1) is 16.7. The first kappa shape index (κ1) is 19.4. The zero-order valence-corrected chi connectivity index (χ0v) is 21.4. The molecule has 0 amide bonds. The van der Waals surface area contributed by atoms with Crippen LogP contribution >= 0.6 is 31.9 Å². The van der Waals surface area contributed by atoms with E-state index in [1.807, 2.05) is 0 Å². The lowest BCUT2D eigenvalue weighted by molar-refractivity contribution is 0.792. The largest absolute Gasteiger partial charge is 0.0726 e. The second-order valence-corrected chi connectivity index (χ2v) is 11.3. The molecule has 8 rings (SSSR count). The molecule has 3 aliphatic rings. The highest BCUT2D eigenvalue weighted by Gasteiger charge is 2.53. The van der Waals surface area contributed by atoms with Crippen LogP contribution < -0.4 is 0 Å². The van der Waals surface area contributed by atoms with Gasteiger partial charge in [0, 0.05) is 14.5 Å². The SMILES string of the molecule is Brc1ccc2c(c1)C1(c3ccccc3-c3ccccc31)c1cc(Br)c3c(c1-2)Cc1ccccc1-3. The van der Waals surface area contributed by atoms with Gasteiger partial charge in [-0.25, -0.2) is 0 Å². The lowest BCUT2D eigenvalue weighted by atomic mass is 9.70. The summed E-state index contributed by atoms with van der Waals surface area (Å²) in [4.78, 5) is 0. The van der Waals surface area contributed by atoms with E-state index in [-0.39, 0.29) is 5.41 Å². The molecule has 0 saturated carbocycles. The highest BCUT2D eigenvalue weighted by Crippen LogP contribution is 2.65. The molecule has 0 N–H and O–H groups in total. The molecule has 5 aromatic rings. The van der Waals surface area contributed by atoms with Crippen molar-refractivity contribution in [1.82, 2.24) is 0 Å². The van der Waals surface area contributed by atoms with Crippen LogP contribution in [0, 0.1) is 0 Å². The van der Waals surface area contributed by atoms with Crippen molar-refractivity contribution < 1.29 is 0 Å². The molecule has 0 atom stereocenters. The molecule has 0 radical (unpaired) electrons. The fourth-order valence-electron chi connectivity index (χ4n) is 6.89. The van der Waals surface area contributed by atoms with Crippen molar-refractivity contribution in [2.75, 3.05) is 0 Å². The third kappa shape index (κ3) is 2.15. The molecule has 0 unspecified atom stereocenters. The Morgan fingerprint density at radius 2 is 1.18 bits per heavy atom. The van der Waals surface area contributed by atoms with Gasteiger partial charge >= 0.3 is 0 Å².